The van der Waals surface area contributed by atoms with E-state index in [1.54, 1.807) is 17.6 Å². The van der Waals surface area contributed by atoms with E-state index in [-0.39, 0.29) is 0 Å². The van der Waals surface area contributed by atoms with Gasteiger partial charge in [-0.25, -0.2) is 4.98 Å². The maximum absolute atomic E-state index is 5.87. The van der Waals surface area contributed by atoms with Crippen LogP contribution in [0.3, 0.4) is 0 Å². The molecule has 4 rings (SSSR count). The predicted octanol–water partition coefficient (Wildman–Crippen LogP) is 6.08. The molecule has 4 nitrogen and oxygen atoms in total. The van der Waals surface area contributed by atoms with Gasteiger partial charge >= 0.3 is 0 Å². The number of ether oxygens (including phenoxy) is 1. The zero-order valence-electron chi connectivity index (χ0n) is 14.3. The van der Waals surface area contributed by atoms with Gasteiger partial charge in [-0.1, -0.05) is 63.7 Å². The quantitative estimate of drug-likeness (QED) is 0.293. The second kappa shape index (κ2) is 8.33. The van der Waals surface area contributed by atoms with Gasteiger partial charge in [0.05, 0.1) is 16.4 Å². The molecule has 6 heteroatoms. The van der Waals surface area contributed by atoms with Crippen LogP contribution in [0.4, 0.5) is 5.13 Å². The number of nitrogens with zero attached hydrogens (tertiary/aromatic N) is 2. The predicted molar refractivity (Wildman–Crippen MR) is 116 cm³/mol. The van der Waals surface area contributed by atoms with E-state index in [2.05, 4.69) is 31.4 Å². The number of para-hydroxylation sites is 1. The van der Waals surface area contributed by atoms with Crippen LogP contribution in [0.2, 0.25) is 0 Å². The Morgan fingerprint density at radius 3 is 2.74 bits per heavy atom. The van der Waals surface area contributed by atoms with E-state index in [0.717, 1.165) is 36.7 Å². The largest absolute Gasteiger partial charge is 0.489 e. The highest BCUT2D eigenvalue weighted by Crippen LogP contribution is 2.25. The zero-order valence-corrected chi connectivity index (χ0v) is 16.7. The van der Waals surface area contributed by atoms with Crippen LogP contribution in [0.15, 0.2) is 82.4 Å². The first-order valence-electron chi connectivity index (χ1n) is 8.38. The van der Waals surface area contributed by atoms with E-state index >= 15 is 0 Å². The number of thiazole rings is 1. The normalized spacial score (nSPS) is 11.1. The lowest BCUT2D eigenvalue weighted by molar-refractivity contribution is 0.306. The highest BCUT2D eigenvalue weighted by atomic mass is 79.9. The Labute approximate surface area is 169 Å². The van der Waals surface area contributed by atoms with Crippen molar-refractivity contribution in [3.05, 3.63) is 88.4 Å². The SMILES string of the molecule is Brc1ccc(COc2cccc(/C=N/Nc3nc4ccccc4s3)c2)cc1. The van der Waals surface area contributed by atoms with Crippen molar-refractivity contribution in [2.75, 3.05) is 5.43 Å². The number of aromatic nitrogens is 1. The Balaban J connectivity index is 1.38. The van der Waals surface area contributed by atoms with Gasteiger partial charge in [0, 0.05) is 4.47 Å². The molecule has 0 saturated carbocycles. The number of nitrogens with one attached hydrogen (secondary N) is 1. The first-order valence-corrected chi connectivity index (χ1v) is 9.99. The van der Waals surface area contributed by atoms with E-state index < -0.39 is 0 Å². The average molecular weight is 438 g/mol. The molecule has 1 aromatic heterocycles. The summed E-state index contributed by atoms with van der Waals surface area (Å²) in [4.78, 5) is 4.50. The van der Waals surface area contributed by atoms with Crippen molar-refractivity contribution in [3.8, 4) is 5.75 Å². The molecule has 0 fully saturated rings. The maximum Gasteiger partial charge on any atom is 0.204 e. The van der Waals surface area contributed by atoms with Crippen molar-refractivity contribution >= 4 is 48.8 Å². The first-order chi connectivity index (χ1) is 13.3. The van der Waals surface area contributed by atoms with Crippen LogP contribution in [-0.4, -0.2) is 11.2 Å². The molecule has 0 atom stereocenters. The summed E-state index contributed by atoms with van der Waals surface area (Å²) in [5.41, 5.74) is 6.05. The highest BCUT2D eigenvalue weighted by Gasteiger charge is 2.01. The van der Waals surface area contributed by atoms with Crippen molar-refractivity contribution in [1.82, 2.24) is 4.98 Å². The van der Waals surface area contributed by atoms with Gasteiger partial charge in [0.25, 0.3) is 0 Å². The van der Waals surface area contributed by atoms with Crippen LogP contribution in [-0.2, 0) is 6.61 Å². The van der Waals surface area contributed by atoms with Gasteiger partial charge in [-0.3, -0.25) is 5.43 Å². The van der Waals surface area contributed by atoms with Gasteiger partial charge in [-0.05, 0) is 47.5 Å². The summed E-state index contributed by atoms with van der Waals surface area (Å²) in [7, 11) is 0. The van der Waals surface area contributed by atoms with E-state index in [4.69, 9.17) is 4.74 Å². The van der Waals surface area contributed by atoms with E-state index in [1.807, 2.05) is 72.8 Å². The lowest BCUT2D eigenvalue weighted by Crippen LogP contribution is -1.96. The van der Waals surface area contributed by atoms with E-state index in [1.165, 1.54) is 0 Å². The molecule has 0 unspecified atom stereocenters. The highest BCUT2D eigenvalue weighted by molar-refractivity contribution is 9.10. The lowest BCUT2D eigenvalue weighted by Gasteiger charge is -2.07. The van der Waals surface area contributed by atoms with Gasteiger partial charge in [0.1, 0.15) is 12.4 Å². The fraction of sp³-hybridized carbons (Fsp3) is 0.0476. The topological polar surface area (TPSA) is 46.5 Å². The lowest BCUT2D eigenvalue weighted by atomic mass is 10.2. The second-order valence-electron chi connectivity index (χ2n) is 5.84. The van der Waals surface area contributed by atoms with Crippen LogP contribution < -0.4 is 10.2 Å². The molecular weight excluding hydrogens is 422 g/mol. The Bertz CT molecular complexity index is 1040. The number of benzene rings is 3. The summed E-state index contributed by atoms with van der Waals surface area (Å²) in [6, 6.07) is 24.0. The molecule has 3 aromatic carbocycles. The molecule has 0 bridgehead atoms. The van der Waals surface area contributed by atoms with Crippen LogP contribution in [0.5, 0.6) is 5.75 Å². The smallest absolute Gasteiger partial charge is 0.204 e. The molecule has 0 aliphatic heterocycles. The monoisotopic (exact) mass is 437 g/mol. The third-order valence-corrected chi connectivity index (χ3v) is 5.31. The first kappa shape index (κ1) is 17.7. The molecule has 0 spiro atoms. The number of hydrogen-bond donors (Lipinski definition) is 1. The molecule has 0 saturated heterocycles. The molecule has 1 heterocycles. The van der Waals surface area contributed by atoms with Crippen molar-refractivity contribution < 1.29 is 4.74 Å². The molecule has 0 aliphatic carbocycles. The van der Waals surface area contributed by atoms with E-state index in [9.17, 15) is 0 Å². The van der Waals surface area contributed by atoms with Crippen LogP contribution in [0.1, 0.15) is 11.1 Å². The van der Waals surface area contributed by atoms with Crippen molar-refractivity contribution in [2.24, 2.45) is 5.10 Å². The maximum atomic E-state index is 5.87. The Hall–Kier alpha value is -2.70. The third-order valence-electron chi connectivity index (χ3n) is 3.84. The second-order valence-corrected chi connectivity index (χ2v) is 7.79. The van der Waals surface area contributed by atoms with Gasteiger partial charge in [0.2, 0.25) is 5.13 Å². The minimum atomic E-state index is 0.526. The van der Waals surface area contributed by atoms with Crippen molar-refractivity contribution in [1.29, 1.82) is 0 Å². The Kier molecular flexibility index (Phi) is 5.46. The zero-order chi connectivity index (χ0) is 18.5. The molecule has 0 amide bonds. The molecule has 134 valence electrons. The fourth-order valence-electron chi connectivity index (χ4n) is 2.51. The van der Waals surface area contributed by atoms with Gasteiger partial charge in [-0.2, -0.15) is 5.10 Å². The summed E-state index contributed by atoms with van der Waals surface area (Å²) < 4.78 is 8.07. The van der Waals surface area contributed by atoms with Crippen LogP contribution in [0, 0.1) is 0 Å². The van der Waals surface area contributed by atoms with Gasteiger partial charge < -0.3 is 4.74 Å². The number of halogens is 1. The summed E-state index contributed by atoms with van der Waals surface area (Å²) in [6.07, 6.45) is 1.76. The minimum Gasteiger partial charge on any atom is -0.489 e. The standard InChI is InChI=1S/C21H16BrN3OS/c22-17-10-8-15(9-11-17)14-26-18-5-3-4-16(12-18)13-23-25-21-24-19-6-1-2-7-20(19)27-21/h1-13H,14H2,(H,24,25)/b23-13+. The Morgan fingerprint density at radius 1 is 1.04 bits per heavy atom. The average Bonchev–Trinajstić information content (AvgIpc) is 3.11. The number of hydrogen-bond acceptors (Lipinski definition) is 5. The molecule has 0 radical (unpaired) electrons. The van der Waals surface area contributed by atoms with Gasteiger partial charge in [0.15, 0.2) is 0 Å². The van der Waals surface area contributed by atoms with Crippen molar-refractivity contribution in [3.63, 3.8) is 0 Å². The number of hydrazone groups is 1. The number of fused-ring (bicyclic) bond motifs is 1. The molecule has 27 heavy (non-hydrogen) atoms. The molecule has 4 aromatic rings. The molecule has 1 N–H and O–H groups in total. The summed E-state index contributed by atoms with van der Waals surface area (Å²) in [6.45, 7) is 0.526. The Morgan fingerprint density at radius 2 is 1.89 bits per heavy atom. The van der Waals surface area contributed by atoms with Crippen LogP contribution in [0.25, 0.3) is 10.2 Å². The van der Waals surface area contributed by atoms with Gasteiger partial charge in [-0.15, -0.1) is 0 Å². The molecular formula is C21H16BrN3OS. The van der Waals surface area contributed by atoms with Crippen molar-refractivity contribution in [2.45, 2.75) is 6.61 Å². The summed E-state index contributed by atoms with van der Waals surface area (Å²) in [5, 5.41) is 5.06. The summed E-state index contributed by atoms with van der Waals surface area (Å²) in [5.74, 6) is 0.807. The summed E-state index contributed by atoms with van der Waals surface area (Å²) >= 11 is 5.01. The third kappa shape index (κ3) is 4.72. The number of anilines is 1. The van der Waals surface area contributed by atoms with Crippen LogP contribution >= 0.6 is 27.3 Å². The van der Waals surface area contributed by atoms with E-state index in [0.29, 0.717) is 6.61 Å². The number of rotatable bonds is 6. The minimum absolute atomic E-state index is 0.526. The fourth-order valence-corrected chi connectivity index (χ4v) is 3.59. The molecule has 0 aliphatic rings.